The number of hydrogen-bond acceptors (Lipinski definition) is 4. The van der Waals surface area contributed by atoms with Gasteiger partial charge in [-0.2, -0.15) is 4.31 Å². The lowest BCUT2D eigenvalue weighted by molar-refractivity contribution is 0.149. The number of nitrogens with one attached hydrogen (secondary N) is 1. The average Bonchev–Trinajstić information content (AvgIpc) is 2.44. The Morgan fingerprint density at radius 3 is 2.62 bits per heavy atom. The number of likely N-dealkylation sites (N-methyl/N-ethyl adjacent to an activating group) is 1. The van der Waals surface area contributed by atoms with Crippen LogP contribution in [-0.4, -0.2) is 46.1 Å². The van der Waals surface area contributed by atoms with Crippen LogP contribution in [0.15, 0.2) is 23.1 Å². The second kappa shape index (κ2) is 7.84. The van der Waals surface area contributed by atoms with Crippen LogP contribution in [0.2, 0.25) is 0 Å². The molecule has 0 spiro atoms. The monoisotopic (exact) mass is 318 g/mol. The minimum atomic E-state index is -3.87. The Hall–Kier alpha value is -1.02. The van der Waals surface area contributed by atoms with Crippen LogP contribution < -0.4 is 5.32 Å². The molecule has 1 aromatic carbocycles. The molecule has 0 fully saturated rings. The number of halogens is 1. The average molecular weight is 318 g/mol. The van der Waals surface area contributed by atoms with Gasteiger partial charge in [-0.25, -0.2) is 12.8 Å². The second-order valence-electron chi connectivity index (χ2n) is 4.87. The molecule has 0 aliphatic heterocycles. The van der Waals surface area contributed by atoms with Gasteiger partial charge in [0, 0.05) is 26.7 Å². The summed E-state index contributed by atoms with van der Waals surface area (Å²) in [6.45, 7) is 5.16. The van der Waals surface area contributed by atoms with E-state index < -0.39 is 15.8 Å². The lowest BCUT2D eigenvalue weighted by Gasteiger charge is -2.24. The first-order valence-electron chi connectivity index (χ1n) is 6.80. The Labute approximate surface area is 126 Å². The fourth-order valence-electron chi connectivity index (χ4n) is 1.87. The molecule has 21 heavy (non-hydrogen) atoms. The van der Waals surface area contributed by atoms with Gasteiger partial charge in [0.25, 0.3) is 0 Å². The number of sulfonamides is 1. The van der Waals surface area contributed by atoms with Crippen molar-refractivity contribution in [2.75, 3.05) is 27.3 Å². The smallest absolute Gasteiger partial charge is 0.246 e. The predicted octanol–water partition coefficient (Wildman–Crippen LogP) is 1.59. The van der Waals surface area contributed by atoms with E-state index in [0.717, 1.165) is 10.8 Å². The Balaban J connectivity index is 3.03. The molecule has 1 unspecified atom stereocenters. The van der Waals surface area contributed by atoms with Gasteiger partial charge in [0.2, 0.25) is 10.0 Å². The van der Waals surface area contributed by atoms with E-state index in [1.54, 1.807) is 13.0 Å². The molecule has 7 heteroatoms. The lowest BCUT2D eigenvalue weighted by Crippen LogP contribution is -2.38. The van der Waals surface area contributed by atoms with E-state index in [1.807, 2.05) is 6.92 Å². The Morgan fingerprint density at radius 2 is 2.10 bits per heavy atom. The van der Waals surface area contributed by atoms with Crippen LogP contribution in [0.25, 0.3) is 0 Å². The molecule has 0 bridgehead atoms. The summed E-state index contributed by atoms with van der Waals surface area (Å²) < 4.78 is 45.0. The van der Waals surface area contributed by atoms with Crippen molar-refractivity contribution >= 4 is 10.0 Å². The predicted molar refractivity (Wildman–Crippen MR) is 80.1 cm³/mol. The summed E-state index contributed by atoms with van der Waals surface area (Å²) in [6, 6.07) is 3.81. The zero-order valence-electron chi connectivity index (χ0n) is 12.9. The highest BCUT2D eigenvalue weighted by Crippen LogP contribution is 2.21. The second-order valence-corrected chi connectivity index (χ2v) is 6.84. The Bertz CT molecular complexity index is 563. The summed E-state index contributed by atoms with van der Waals surface area (Å²) in [5.74, 6) is -0.734. The minimum Gasteiger partial charge on any atom is -0.383 e. The van der Waals surface area contributed by atoms with Gasteiger partial charge in [0.1, 0.15) is 10.7 Å². The van der Waals surface area contributed by atoms with Gasteiger partial charge in [-0.15, -0.1) is 0 Å². The molecule has 0 aliphatic carbocycles. The van der Waals surface area contributed by atoms with E-state index in [4.69, 9.17) is 4.74 Å². The lowest BCUT2D eigenvalue weighted by atomic mass is 10.2. The zero-order valence-corrected chi connectivity index (χ0v) is 13.7. The van der Waals surface area contributed by atoms with Crippen molar-refractivity contribution in [1.82, 2.24) is 9.62 Å². The molecule has 0 aliphatic rings. The molecule has 120 valence electrons. The highest BCUT2D eigenvalue weighted by molar-refractivity contribution is 7.89. The third kappa shape index (κ3) is 4.47. The Morgan fingerprint density at radius 1 is 1.43 bits per heavy atom. The quantitative estimate of drug-likeness (QED) is 0.791. The molecule has 0 heterocycles. The largest absolute Gasteiger partial charge is 0.383 e. The molecule has 0 aromatic heterocycles. The summed E-state index contributed by atoms with van der Waals surface area (Å²) in [5, 5.41) is 3.06. The van der Waals surface area contributed by atoms with Gasteiger partial charge in [-0.05, 0) is 31.2 Å². The van der Waals surface area contributed by atoms with Crippen molar-refractivity contribution in [3.63, 3.8) is 0 Å². The van der Waals surface area contributed by atoms with Crippen LogP contribution >= 0.6 is 0 Å². The summed E-state index contributed by atoms with van der Waals surface area (Å²) in [6.07, 6.45) is 0. The molecule has 1 aromatic rings. The number of nitrogens with zero attached hydrogens (tertiary/aromatic N) is 1. The van der Waals surface area contributed by atoms with Crippen molar-refractivity contribution in [2.45, 2.75) is 31.3 Å². The topological polar surface area (TPSA) is 58.6 Å². The SMILES string of the molecule is CCNCc1ccc(S(=O)(=O)N(C)C(C)COC)c(F)c1. The van der Waals surface area contributed by atoms with Crippen LogP contribution in [0.5, 0.6) is 0 Å². The van der Waals surface area contributed by atoms with Gasteiger partial charge >= 0.3 is 0 Å². The van der Waals surface area contributed by atoms with Gasteiger partial charge in [-0.1, -0.05) is 13.0 Å². The fourth-order valence-corrected chi connectivity index (χ4v) is 3.26. The van der Waals surface area contributed by atoms with Crippen molar-refractivity contribution in [1.29, 1.82) is 0 Å². The standard InChI is InChI=1S/C14H23FN2O3S/c1-5-16-9-12-6-7-14(13(15)8-12)21(18,19)17(3)11(2)10-20-4/h6-8,11,16H,5,9-10H2,1-4H3. The highest BCUT2D eigenvalue weighted by atomic mass is 32.2. The van der Waals surface area contributed by atoms with Crippen LogP contribution in [0, 0.1) is 5.82 Å². The summed E-state index contributed by atoms with van der Waals surface area (Å²) in [4.78, 5) is -0.312. The molecule has 1 rings (SSSR count). The molecule has 0 saturated heterocycles. The van der Waals surface area contributed by atoms with E-state index >= 15 is 0 Å². The number of methoxy groups -OCH3 is 1. The number of ether oxygens (including phenoxy) is 1. The van der Waals surface area contributed by atoms with E-state index in [-0.39, 0.29) is 17.5 Å². The molecule has 1 atom stereocenters. The minimum absolute atomic E-state index is 0.246. The normalized spacial score (nSPS) is 13.6. The first-order chi connectivity index (χ1) is 9.84. The summed E-state index contributed by atoms with van der Waals surface area (Å²) >= 11 is 0. The first kappa shape index (κ1) is 18.0. The molecule has 0 saturated carbocycles. The van der Waals surface area contributed by atoms with Crippen molar-refractivity contribution < 1.29 is 17.5 Å². The zero-order chi connectivity index (χ0) is 16.0. The van der Waals surface area contributed by atoms with Crippen LogP contribution in [-0.2, 0) is 21.3 Å². The van der Waals surface area contributed by atoms with Gasteiger partial charge in [0.15, 0.2) is 0 Å². The van der Waals surface area contributed by atoms with Crippen LogP contribution in [0.3, 0.4) is 0 Å². The molecule has 5 nitrogen and oxygen atoms in total. The maximum atomic E-state index is 14.1. The van der Waals surface area contributed by atoms with Gasteiger partial charge in [0.05, 0.1) is 6.61 Å². The number of rotatable bonds is 8. The molecule has 0 radical (unpaired) electrons. The number of benzene rings is 1. The molecular weight excluding hydrogens is 295 g/mol. The molecule has 0 amide bonds. The maximum Gasteiger partial charge on any atom is 0.246 e. The van der Waals surface area contributed by atoms with Crippen molar-refractivity contribution in [3.05, 3.63) is 29.6 Å². The van der Waals surface area contributed by atoms with Crippen molar-refractivity contribution in [3.8, 4) is 0 Å². The third-order valence-corrected chi connectivity index (χ3v) is 5.27. The van der Waals surface area contributed by atoms with Crippen LogP contribution in [0.1, 0.15) is 19.4 Å². The Kier molecular flexibility index (Phi) is 6.73. The van der Waals surface area contributed by atoms with Crippen molar-refractivity contribution in [2.24, 2.45) is 0 Å². The van der Waals surface area contributed by atoms with Crippen LogP contribution in [0.4, 0.5) is 4.39 Å². The van der Waals surface area contributed by atoms with E-state index in [1.165, 1.54) is 26.3 Å². The van der Waals surface area contributed by atoms with Gasteiger partial charge in [-0.3, -0.25) is 0 Å². The molecular formula is C14H23FN2O3S. The summed E-state index contributed by atoms with van der Waals surface area (Å²) in [5.41, 5.74) is 0.709. The summed E-state index contributed by atoms with van der Waals surface area (Å²) in [7, 11) is -0.956. The fraction of sp³-hybridized carbons (Fsp3) is 0.571. The van der Waals surface area contributed by atoms with E-state index in [2.05, 4.69) is 5.32 Å². The first-order valence-corrected chi connectivity index (χ1v) is 8.24. The number of hydrogen-bond donors (Lipinski definition) is 1. The highest BCUT2D eigenvalue weighted by Gasteiger charge is 2.28. The van der Waals surface area contributed by atoms with E-state index in [9.17, 15) is 12.8 Å². The maximum absolute atomic E-state index is 14.1. The molecule has 1 N–H and O–H groups in total. The van der Waals surface area contributed by atoms with E-state index in [0.29, 0.717) is 12.1 Å². The third-order valence-electron chi connectivity index (χ3n) is 3.26. The van der Waals surface area contributed by atoms with Gasteiger partial charge < -0.3 is 10.1 Å².